The fourth-order valence-corrected chi connectivity index (χ4v) is 3.92. The van der Waals surface area contributed by atoms with Gasteiger partial charge in [-0.1, -0.05) is 0 Å². The van der Waals surface area contributed by atoms with Crippen LogP contribution in [0.15, 0.2) is 16.5 Å². The number of rotatable bonds is 4. The average molecular weight is 348 g/mol. The third-order valence-corrected chi connectivity index (χ3v) is 5.50. The van der Waals surface area contributed by atoms with Gasteiger partial charge in [-0.15, -0.1) is 0 Å². The van der Waals surface area contributed by atoms with Crippen LogP contribution in [-0.4, -0.2) is 51.4 Å². The fraction of sp³-hybridized carbons (Fsp3) is 0.526. The molecule has 1 unspecified atom stereocenters. The van der Waals surface area contributed by atoms with E-state index in [4.69, 9.17) is 9.15 Å². The maximum absolute atomic E-state index is 12.2. The lowest BCUT2D eigenvalue weighted by Gasteiger charge is -2.31. The van der Waals surface area contributed by atoms with Crippen molar-refractivity contribution in [2.45, 2.75) is 32.4 Å². The lowest BCUT2D eigenvalue weighted by Crippen LogP contribution is -3.17. The van der Waals surface area contributed by atoms with Gasteiger partial charge in [-0.2, -0.15) is 0 Å². The number of quaternary nitrogens is 2. The Morgan fingerprint density at radius 1 is 1.40 bits per heavy atom. The van der Waals surface area contributed by atoms with E-state index in [1.165, 1.54) is 37.9 Å². The number of methoxy groups -OCH3 is 1. The summed E-state index contributed by atoms with van der Waals surface area (Å²) in [4.78, 5) is 15.2. The van der Waals surface area contributed by atoms with E-state index in [2.05, 4.69) is 14.1 Å². The number of carbonyl (C=O) groups excluding carboxylic acids is 1. The molecule has 1 aromatic heterocycles. The Morgan fingerprint density at radius 3 is 2.72 bits per heavy atom. The van der Waals surface area contributed by atoms with Gasteiger partial charge in [0.15, 0.2) is 0 Å². The zero-order chi connectivity index (χ0) is 18.1. The number of carbonyl (C=O) groups is 1. The van der Waals surface area contributed by atoms with Crippen molar-refractivity contribution in [1.82, 2.24) is 0 Å². The molecule has 0 amide bonds. The monoisotopic (exact) mass is 348 g/mol. The van der Waals surface area contributed by atoms with Crippen molar-refractivity contribution >= 4 is 16.9 Å². The van der Waals surface area contributed by atoms with E-state index in [1.54, 1.807) is 24.0 Å². The Hall–Kier alpha value is -2.05. The SMILES string of the molecule is COC(=O)c1c(C)oc2ccc(O)c(C[NH+](C)C3CC[NH+](C)CC3)c12. The summed E-state index contributed by atoms with van der Waals surface area (Å²) < 4.78 is 10.7. The van der Waals surface area contributed by atoms with Crippen LogP contribution in [0.4, 0.5) is 0 Å². The van der Waals surface area contributed by atoms with Crippen molar-refractivity contribution in [2.24, 2.45) is 0 Å². The first-order valence-electron chi connectivity index (χ1n) is 8.88. The number of hydrogen-bond donors (Lipinski definition) is 3. The second-order valence-electron chi connectivity index (χ2n) is 7.22. The minimum atomic E-state index is -0.427. The van der Waals surface area contributed by atoms with Crippen LogP contribution in [0.1, 0.15) is 34.5 Å². The van der Waals surface area contributed by atoms with E-state index in [-0.39, 0.29) is 5.75 Å². The number of esters is 1. The first kappa shape index (κ1) is 17.8. The van der Waals surface area contributed by atoms with Gasteiger partial charge in [0, 0.05) is 18.2 Å². The Labute approximate surface area is 148 Å². The molecule has 3 N–H and O–H groups in total. The molecule has 0 spiro atoms. The number of hydrogen-bond acceptors (Lipinski definition) is 4. The van der Waals surface area contributed by atoms with E-state index in [1.807, 2.05) is 0 Å². The number of fused-ring (bicyclic) bond motifs is 1. The molecule has 1 fully saturated rings. The molecule has 136 valence electrons. The topological polar surface area (TPSA) is 68.5 Å². The summed E-state index contributed by atoms with van der Waals surface area (Å²) in [5.41, 5.74) is 1.80. The third kappa shape index (κ3) is 3.37. The number of piperidine rings is 1. The van der Waals surface area contributed by atoms with Crippen molar-refractivity contribution in [2.75, 3.05) is 34.3 Å². The van der Waals surface area contributed by atoms with Gasteiger partial charge in [-0.05, 0) is 19.1 Å². The Morgan fingerprint density at radius 2 is 2.08 bits per heavy atom. The van der Waals surface area contributed by atoms with Gasteiger partial charge in [0.2, 0.25) is 0 Å². The molecular formula is C19H28N2O4+2. The second kappa shape index (κ2) is 7.06. The van der Waals surface area contributed by atoms with Crippen molar-refractivity contribution in [1.29, 1.82) is 0 Å². The van der Waals surface area contributed by atoms with Gasteiger partial charge < -0.3 is 24.1 Å². The van der Waals surface area contributed by atoms with Crippen LogP contribution in [0.2, 0.25) is 0 Å². The summed E-state index contributed by atoms with van der Waals surface area (Å²) in [7, 11) is 5.75. The Balaban J connectivity index is 1.97. The molecule has 0 bridgehead atoms. The van der Waals surface area contributed by atoms with Crippen LogP contribution in [-0.2, 0) is 11.3 Å². The number of aromatic hydroxyl groups is 1. The molecule has 1 aliphatic heterocycles. The van der Waals surface area contributed by atoms with E-state index >= 15 is 0 Å². The number of phenolic OH excluding ortho intramolecular Hbond substituents is 1. The first-order chi connectivity index (χ1) is 11.9. The van der Waals surface area contributed by atoms with Crippen LogP contribution >= 0.6 is 0 Å². The molecule has 1 atom stereocenters. The lowest BCUT2D eigenvalue weighted by atomic mass is 10.00. The molecule has 6 nitrogen and oxygen atoms in total. The number of likely N-dealkylation sites (tertiary alicyclic amines) is 1. The molecule has 0 aliphatic carbocycles. The van der Waals surface area contributed by atoms with Crippen molar-refractivity contribution in [3.63, 3.8) is 0 Å². The molecular weight excluding hydrogens is 320 g/mol. The van der Waals surface area contributed by atoms with Crippen LogP contribution in [0.5, 0.6) is 5.75 Å². The molecule has 1 saturated heterocycles. The fourth-order valence-electron chi connectivity index (χ4n) is 3.92. The second-order valence-corrected chi connectivity index (χ2v) is 7.22. The smallest absolute Gasteiger partial charge is 0.342 e. The van der Waals surface area contributed by atoms with Crippen LogP contribution in [0, 0.1) is 6.92 Å². The number of aryl methyl sites for hydroxylation is 1. The summed E-state index contributed by atoms with van der Waals surface area (Å²) in [6.45, 7) is 4.76. The summed E-state index contributed by atoms with van der Waals surface area (Å²) in [5.74, 6) is 0.300. The number of nitrogens with one attached hydrogen (secondary N) is 2. The predicted molar refractivity (Wildman–Crippen MR) is 94.2 cm³/mol. The molecule has 6 heteroatoms. The van der Waals surface area contributed by atoms with Crippen molar-refractivity contribution in [3.05, 3.63) is 29.0 Å². The molecule has 0 radical (unpaired) electrons. The summed E-state index contributed by atoms with van der Waals surface area (Å²) >= 11 is 0. The third-order valence-electron chi connectivity index (χ3n) is 5.50. The summed E-state index contributed by atoms with van der Waals surface area (Å²) in [6.07, 6.45) is 2.34. The average Bonchev–Trinajstić information content (AvgIpc) is 2.93. The molecule has 1 aromatic carbocycles. The molecule has 3 rings (SSSR count). The number of phenols is 1. The standard InChI is InChI=1S/C19H26N2O4/c1-12-17(19(23)24-4)18-14(15(22)5-6-16(18)25-12)11-21(3)13-7-9-20(2)10-8-13/h5-6,13,22H,7-11H2,1-4H3/p+2. The Bertz CT molecular complexity index is 775. The van der Waals surface area contributed by atoms with Crippen molar-refractivity contribution < 1.29 is 28.9 Å². The predicted octanol–water partition coefficient (Wildman–Crippen LogP) is -0.0748. The zero-order valence-electron chi connectivity index (χ0n) is 15.4. The Kier molecular flexibility index (Phi) is 5.01. The van der Waals surface area contributed by atoms with Crippen LogP contribution in [0.25, 0.3) is 11.0 Å². The zero-order valence-corrected chi connectivity index (χ0v) is 15.4. The highest BCUT2D eigenvalue weighted by molar-refractivity contribution is 6.06. The maximum atomic E-state index is 12.2. The minimum Gasteiger partial charge on any atom is -0.507 e. The number of benzene rings is 1. The summed E-state index contributed by atoms with van der Waals surface area (Å²) in [6, 6.07) is 3.92. The van der Waals surface area contributed by atoms with Crippen LogP contribution in [0.3, 0.4) is 0 Å². The van der Waals surface area contributed by atoms with Gasteiger partial charge in [0.05, 0.1) is 45.9 Å². The molecule has 1 aliphatic rings. The molecule has 2 heterocycles. The maximum Gasteiger partial charge on any atom is 0.342 e. The van der Waals surface area contributed by atoms with E-state index in [0.29, 0.717) is 34.9 Å². The highest BCUT2D eigenvalue weighted by atomic mass is 16.5. The normalized spacial score (nSPS) is 22.1. The van der Waals surface area contributed by atoms with E-state index in [0.717, 1.165) is 5.56 Å². The van der Waals surface area contributed by atoms with Gasteiger partial charge in [0.25, 0.3) is 0 Å². The van der Waals surface area contributed by atoms with Crippen molar-refractivity contribution in [3.8, 4) is 5.75 Å². The van der Waals surface area contributed by atoms with Crippen LogP contribution < -0.4 is 9.80 Å². The molecule has 25 heavy (non-hydrogen) atoms. The van der Waals surface area contributed by atoms with E-state index < -0.39 is 5.97 Å². The molecule has 2 aromatic rings. The summed E-state index contributed by atoms with van der Waals surface area (Å²) in [5, 5.41) is 11.2. The van der Waals surface area contributed by atoms with Gasteiger partial charge in [0.1, 0.15) is 29.2 Å². The largest absolute Gasteiger partial charge is 0.507 e. The van der Waals surface area contributed by atoms with Gasteiger partial charge in [-0.25, -0.2) is 4.79 Å². The van der Waals surface area contributed by atoms with Gasteiger partial charge >= 0.3 is 5.97 Å². The first-order valence-corrected chi connectivity index (χ1v) is 8.88. The lowest BCUT2D eigenvalue weighted by molar-refractivity contribution is -0.948. The van der Waals surface area contributed by atoms with Gasteiger partial charge in [-0.3, -0.25) is 0 Å². The molecule has 0 saturated carbocycles. The number of ether oxygens (including phenoxy) is 1. The minimum absolute atomic E-state index is 0.205. The number of furan rings is 1. The quantitative estimate of drug-likeness (QED) is 0.677. The highest BCUT2D eigenvalue weighted by Gasteiger charge is 2.29. The highest BCUT2D eigenvalue weighted by Crippen LogP contribution is 2.33. The van der Waals surface area contributed by atoms with E-state index in [9.17, 15) is 9.90 Å².